The smallest absolute Gasteiger partial charge is 0.0192 e. The van der Waals surface area contributed by atoms with Gasteiger partial charge in [-0.15, -0.1) is 0 Å². The summed E-state index contributed by atoms with van der Waals surface area (Å²) >= 11 is 0. The Morgan fingerprint density at radius 1 is 1.50 bits per heavy atom. The molecule has 3 heteroatoms. The normalized spacial score (nSPS) is 7.33. The first-order valence-electron chi connectivity index (χ1n) is 1.29. The van der Waals surface area contributed by atoms with Gasteiger partial charge in [0.15, 0.2) is 0 Å². The minimum Gasteiger partial charge on any atom is -0.405 e. The summed E-state index contributed by atoms with van der Waals surface area (Å²) in [5.74, 6) is 0. The van der Waals surface area contributed by atoms with Gasteiger partial charge in [-0.1, -0.05) is 0 Å². The summed E-state index contributed by atoms with van der Waals surface area (Å²) in [6.07, 6.45) is 3.88. The van der Waals surface area contributed by atoms with Crippen molar-refractivity contribution >= 4 is 6.21 Å². The highest BCUT2D eigenvalue weighted by Crippen LogP contribution is 1.45. The molecule has 0 aliphatic rings. The Hall–Kier alpha value is -0.830. The van der Waals surface area contributed by atoms with Crippen molar-refractivity contribution in [3.8, 4) is 0 Å². The Balaban J connectivity index is 0. The number of nitrogens with two attached hydrogens (primary N) is 1. The first-order chi connectivity index (χ1) is 2.41. The predicted octanol–water partition coefficient (Wildman–Crippen LogP) is 0.270. The van der Waals surface area contributed by atoms with Crippen molar-refractivity contribution in [3.63, 3.8) is 0 Å². The average Bonchev–Trinajstić information content (AvgIpc) is 1.41. The molecule has 6 heavy (non-hydrogen) atoms. The summed E-state index contributed by atoms with van der Waals surface area (Å²) in [5.41, 5.74) is 4.81. The van der Waals surface area contributed by atoms with E-state index in [0.717, 1.165) is 6.21 Å². The van der Waals surface area contributed by atoms with Gasteiger partial charge in [0.2, 0.25) is 0 Å². The molecule has 0 radical (unpaired) electrons. The average molecular weight is 87.1 g/mol. The molecule has 0 saturated heterocycles. The number of allylic oxidation sites excluding steroid dienone is 1. The van der Waals surface area contributed by atoms with Crippen molar-refractivity contribution in [2.75, 3.05) is 0 Å². The third-order valence-corrected chi connectivity index (χ3v) is 0.207. The summed E-state index contributed by atoms with van der Waals surface area (Å²) < 4.78 is 0. The number of hydrogen-bond donors (Lipinski definition) is 3. The molecule has 6 N–H and O–H groups in total. The van der Waals surface area contributed by atoms with Crippen molar-refractivity contribution in [2.45, 2.75) is 0 Å². The Kier molecular flexibility index (Phi) is 13.3. The molecule has 0 aliphatic carbocycles. The van der Waals surface area contributed by atoms with Gasteiger partial charge in [-0.3, -0.25) is 0 Å². The van der Waals surface area contributed by atoms with Crippen molar-refractivity contribution in [2.24, 2.45) is 5.73 Å². The Bertz CT molecular complexity index is 48.0. The van der Waals surface area contributed by atoms with Gasteiger partial charge in [0.05, 0.1) is 0 Å². The van der Waals surface area contributed by atoms with Crippen LogP contribution in [0.4, 0.5) is 0 Å². The second-order valence-electron chi connectivity index (χ2n) is 0.552. The van der Waals surface area contributed by atoms with Crippen LogP contribution < -0.4 is 11.9 Å². The molecular formula is C3H9N3. The van der Waals surface area contributed by atoms with Gasteiger partial charge in [-0.2, -0.15) is 0 Å². The highest BCUT2D eigenvalue weighted by atomic mass is 14.5. The lowest BCUT2D eigenvalue weighted by atomic mass is 10.7. The fraction of sp³-hybridized carbons (Fsp3) is 0. The van der Waals surface area contributed by atoms with E-state index in [4.69, 9.17) is 11.1 Å². The van der Waals surface area contributed by atoms with Crippen LogP contribution in [0, 0.1) is 5.41 Å². The molecule has 3 nitrogen and oxygen atoms in total. The Labute approximate surface area is 36.9 Å². The molecule has 36 valence electrons. The van der Waals surface area contributed by atoms with Gasteiger partial charge < -0.3 is 17.3 Å². The molecule has 0 aromatic heterocycles. The zero-order valence-electron chi connectivity index (χ0n) is 3.52. The summed E-state index contributed by atoms with van der Waals surface area (Å²) in [6, 6.07) is 0. The molecule has 0 saturated carbocycles. The van der Waals surface area contributed by atoms with Gasteiger partial charge in [-0.05, 0) is 12.3 Å². The van der Waals surface area contributed by atoms with E-state index < -0.39 is 0 Å². The molecule has 0 rings (SSSR count). The van der Waals surface area contributed by atoms with E-state index in [1.807, 2.05) is 0 Å². The topological polar surface area (TPSA) is 84.9 Å². The Morgan fingerprint density at radius 3 is 2.00 bits per heavy atom. The first kappa shape index (κ1) is 8.95. The summed E-state index contributed by atoms with van der Waals surface area (Å²) in [7, 11) is 0. The maximum absolute atomic E-state index is 6.31. The van der Waals surface area contributed by atoms with Gasteiger partial charge in [0.25, 0.3) is 0 Å². The zero-order valence-corrected chi connectivity index (χ0v) is 3.52. The van der Waals surface area contributed by atoms with Crippen LogP contribution in [0.5, 0.6) is 0 Å². The lowest BCUT2D eigenvalue weighted by Gasteiger charge is -1.57. The molecule has 0 aromatic rings. The SMILES string of the molecule is N.N=C/C=C\N. The van der Waals surface area contributed by atoms with Crippen molar-refractivity contribution in [1.82, 2.24) is 6.15 Å². The molecule has 0 amide bonds. The molecule has 0 aromatic carbocycles. The van der Waals surface area contributed by atoms with E-state index in [1.165, 1.54) is 12.3 Å². The molecule has 0 spiro atoms. The highest BCUT2D eigenvalue weighted by Gasteiger charge is 1.43. The van der Waals surface area contributed by atoms with Gasteiger partial charge in [0.1, 0.15) is 0 Å². The van der Waals surface area contributed by atoms with E-state index >= 15 is 0 Å². The van der Waals surface area contributed by atoms with Gasteiger partial charge in [0, 0.05) is 6.21 Å². The van der Waals surface area contributed by atoms with Crippen LogP contribution in [-0.4, -0.2) is 6.21 Å². The maximum Gasteiger partial charge on any atom is 0.0192 e. The van der Waals surface area contributed by atoms with Crippen LogP contribution in [0.25, 0.3) is 0 Å². The van der Waals surface area contributed by atoms with E-state index in [1.54, 1.807) is 0 Å². The lowest BCUT2D eigenvalue weighted by Crippen LogP contribution is -1.73. The number of rotatable bonds is 1. The molecule has 0 heterocycles. The van der Waals surface area contributed by atoms with E-state index in [0.29, 0.717) is 0 Å². The van der Waals surface area contributed by atoms with Crippen LogP contribution in [0.2, 0.25) is 0 Å². The van der Waals surface area contributed by atoms with Crippen molar-refractivity contribution in [3.05, 3.63) is 12.3 Å². The quantitative estimate of drug-likeness (QED) is 0.401. The Morgan fingerprint density at radius 2 is 2.00 bits per heavy atom. The monoisotopic (exact) mass is 87.1 g/mol. The first-order valence-corrected chi connectivity index (χ1v) is 1.29. The largest absolute Gasteiger partial charge is 0.405 e. The summed E-state index contributed by atoms with van der Waals surface area (Å²) in [5, 5.41) is 6.31. The standard InChI is InChI=1S/C3H6N2.H3N/c4-2-1-3-5;/h1-4H,5H2;1H3/b3-1-,4-2?;. The lowest BCUT2D eigenvalue weighted by molar-refractivity contribution is 1.56. The molecule has 0 atom stereocenters. The minimum atomic E-state index is 0. The summed E-state index contributed by atoms with van der Waals surface area (Å²) in [4.78, 5) is 0. The van der Waals surface area contributed by atoms with E-state index in [9.17, 15) is 0 Å². The van der Waals surface area contributed by atoms with Crippen molar-refractivity contribution < 1.29 is 0 Å². The van der Waals surface area contributed by atoms with Crippen LogP contribution in [-0.2, 0) is 0 Å². The van der Waals surface area contributed by atoms with Gasteiger partial charge in [-0.25, -0.2) is 0 Å². The molecule has 0 aliphatic heterocycles. The third-order valence-electron chi connectivity index (χ3n) is 0.207. The van der Waals surface area contributed by atoms with Crippen molar-refractivity contribution in [1.29, 1.82) is 5.41 Å². The zero-order chi connectivity index (χ0) is 4.12. The second-order valence-corrected chi connectivity index (χ2v) is 0.552. The van der Waals surface area contributed by atoms with E-state index in [2.05, 4.69) is 0 Å². The molecule has 0 fully saturated rings. The van der Waals surface area contributed by atoms with Crippen LogP contribution >= 0.6 is 0 Å². The maximum atomic E-state index is 6.31. The van der Waals surface area contributed by atoms with Crippen LogP contribution in [0.15, 0.2) is 12.3 Å². The van der Waals surface area contributed by atoms with E-state index in [-0.39, 0.29) is 6.15 Å². The molecule has 0 unspecified atom stereocenters. The fourth-order valence-corrected chi connectivity index (χ4v) is 0.0556. The predicted molar refractivity (Wildman–Crippen MR) is 27.1 cm³/mol. The van der Waals surface area contributed by atoms with Gasteiger partial charge >= 0.3 is 0 Å². The second kappa shape index (κ2) is 8.90. The number of nitrogens with one attached hydrogen (secondary N) is 1. The van der Waals surface area contributed by atoms with Crippen LogP contribution in [0.3, 0.4) is 0 Å². The minimum absolute atomic E-state index is 0. The van der Waals surface area contributed by atoms with Crippen LogP contribution in [0.1, 0.15) is 0 Å². The fourth-order valence-electron chi connectivity index (χ4n) is 0.0556. The molecule has 0 bridgehead atoms. The summed E-state index contributed by atoms with van der Waals surface area (Å²) in [6.45, 7) is 0. The number of hydrogen-bond acceptors (Lipinski definition) is 3. The third kappa shape index (κ3) is 10.9. The highest BCUT2D eigenvalue weighted by molar-refractivity contribution is 5.67. The molecular weight excluding hydrogens is 78.1 g/mol.